The van der Waals surface area contributed by atoms with E-state index in [0.717, 1.165) is 16.7 Å². The summed E-state index contributed by atoms with van der Waals surface area (Å²) in [5, 5.41) is 0. The highest BCUT2D eigenvalue weighted by Gasteiger charge is 2.19. The molecule has 5 heteroatoms. The highest BCUT2D eigenvalue weighted by molar-refractivity contribution is 5.91. The van der Waals surface area contributed by atoms with Gasteiger partial charge in [0.15, 0.2) is 17.3 Å². The highest BCUT2D eigenvalue weighted by Crippen LogP contribution is 2.27. The van der Waals surface area contributed by atoms with Crippen LogP contribution in [0.5, 0.6) is 11.5 Å². The zero-order valence-corrected chi connectivity index (χ0v) is 17.6. The van der Waals surface area contributed by atoms with Gasteiger partial charge in [-0.05, 0) is 48.7 Å². The normalized spacial score (nSPS) is 11.2. The molecule has 0 atom stereocenters. The first-order valence-corrected chi connectivity index (χ1v) is 9.86. The van der Waals surface area contributed by atoms with Crippen LogP contribution in [0.1, 0.15) is 28.6 Å². The second kappa shape index (κ2) is 10.3. The number of furan rings is 1. The van der Waals surface area contributed by atoms with Gasteiger partial charge >= 0.3 is 0 Å². The monoisotopic (exact) mass is 405 g/mol. The summed E-state index contributed by atoms with van der Waals surface area (Å²) in [5.74, 6) is 1.58. The molecule has 5 nitrogen and oxygen atoms in total. The number of nitrogens with zero attached hydrogens (tertiary/aromatic N) is 1. The van der Waals surface area contributed by atoms with Crippen molar-refractivity contribution in [3.63, 3.8) is 0 Å². The molecule has 0 saturated carbocycles. The number of methoxy groups -OCH3 is 2. The van der Waals surface area contributed by atoms with Gasteiger partial charge in [-0.2, -0.15) is 0 Å². The lowest BCUT2D eigenvalue weighted by atomic mass is 10.1. The molecular formula is C25H27NO4. The number of carbonyl (C=O) groups is 1. The van der Waals surface area contributed by atoms with Crippen molar-refractivity contribution >= 4 is 12.0 Å². The molecule has 1 aromatic heterocycles. The van der Waals surface area contributed by atoms with Gasteiger partial charge in [-0.25, -0.2) is 0 Å². The molecule has 3 rings (SSSR count). The number of rotatable bonds is 9. The molecular weight excluding hydrogens is 378 g/mol. The molecule has 1 amide bonds. The van der Waals surface area contributed by atoms with Gasteiger partial charge in [0.05, 0.1) is 20.5 Å². The maximum atomic E-state index is 13.0. The van der Waals surface area contributed by atoms with Crippen molar-refractivity contribution in [3.8, 4) is 11.5 Å². The molecule has 30 heavy (non-hydrogen) atoms. The topological polar surface area (TPSA) is 51.9 Å². The number of carbonyl (C=O) groups excluding carboxylic acids is 1. The van der Waals surface area contributed by atoms with Crippen LogP contribution in [0.3, 0.4) is 0 Å². The van der Waals surface area contributed by atoms with Gasteiger partial charge in [-0.15, -0.1) is 0 Å². The van der Waals surface area contributed by atoms with Crippen LogP contribution < -0.4 is 9.47 Å². The Bertz CT molecular complexity index is 978. The predicted octanol–water partition coefficient (Wildman–Crippen LogP) is 5.09. The lowest BCUT2D eigenvalue weighted by molar-refractivity contribution is 0.0740. The van der Waals surface area contributed by atoms with Crippen molar-refractivity contribution in [2.45, 2.75) is 13.3 Å². The molecule has 0 fully saturated rings. The SMILES string of the molecule is COc1ccc(CCN(C/C(C)=C/c2ccccc2)C(=O)c2ccco2)cc1OC. The predicted molar refractivity (Wildman–Crippen MR) is 118 cm³/mol. The third-order valence-electron chi connectivity index (χ3n) is 4.79. The van der Waals surface area contributed by atoms with E-state index in [2.05, 4.69) is 6.08 Å². The van der Waals surface area contributed by atoms with Crippen molar-refractivity contribution in [2.75, 3.05) is 27.3 Å². The number of hydrogen-bond donors (Lipinski definition) is 0. The lowest BCUT2D eigenvalue weighted by Gasteiger charge is -2.22. The summed E-state index contributed by atoms with van der Waals surface area (Å²) in [7, 11) is 3.23. The summed E-state index contributed by atoms with van der Waals surface area (Å²) < 4.78 is 16.0. The van der Waals surface area contributed by atoms with Crippen LogP contribution in [0.4, 0.5) is 0 Å². The van der Waals surface area contributed by atoms with Crippen LogP contribution in [-0.4, -0.2) is 38.1 Å². The third-order valence-corrected chi connectivity index (χ3v) is 4.79. The van der Waals surface area contributed by atoms with Crippen molar-refractivity contribution in [1.82, 2.24) is 4.90 Å². The molecule has 2 aromatic carbocycles. The molecule has 0 aliphatic carbocycles. The molecule has 156 valence electrons. The summed E-state index contributed by atoms with van der Waals surface area (Å²) in [6.07, 6.45) is 4.30. The molecule has 3 aromatic rings. The number of ether oxygens (including phenoxy) is 2. The first-order chi connectivity index (χ1) is 14.6. The van der Waals surface area contributed by atoms with E-state index in [9.17, 15) is 4.79 Å². The highest BCUT2D eigenvalue weighted by atomic mass is 16.5. The average molecular weight is 405 g/mol. The standard InChI is InChI=1S/C25H27NO4/c1-19(16-20-8-5-4-6-9-20)18-26(25(27)23-10-7-15-30-23)14-13-21-11-12-22(28-2)24(17-21)29-3/h4-12,15-17H,13-14,18H2,1-3H3/b19-16+. The van der Waals surface area contributed by atoms with Crippen molar-refractivity contribution in [1.29, 1.82) is 0 Å². The average Bonchev–Trinajstić information content (AvgIpc) is 3.31. The fourth-order valence-electron chi connectivity index (χ4n) is 3.29. The molecule has 1 heterocycles. The quantitative estimate of drug-likeness (QED) is 0.498. The van der Waals surface area contributed by atoms with Crippen LogP contribution in [0.15, 0.2) is 76.9 Å². The summed E-state index contributed by atoms with van der Waals surface area (Å²) in [6, 6.07) is 19.3. The summed E-state index contributed by atoms with van der Waals surface area (Å²) in [4.78, 5) is 14.8. The minimum absolute atomic E-state index is 0.124. The van der Waals surface area contributed by atoms with Crippen LogP contribution >= 0.6 is 0 Å². The minimum atomic E-state index is -0.124. The van der Waals surface area contributed by atoms with E-state index in [0.29, 0.717) is 36.8 Å². The molecule has 0 aliphatic rings. The lowest BCUT2D eigenvalue weighted by Crippen LogP contribution is -2.34. The van der Waals surface area contributed by atoms with E-state index in [1.807, 2.05) is 60.4 Å². The van der Waals surface area contributed by atoms with E-state index in [-0.39, 0.29) is 5.91 Å². The fourth-order valence-corrected chi connectivity index (χ4v) is 3.29. The Balaban J connectivity index is 1.76. The van der Waals surface area contributed by atoms with Gasteiger partial charge in [0.2, 0.25) is 0 Å². The van der Waals surface area contributed by atoms with Crippen molar-refractivity contribution < 1.29 is 18.7 Å². The Morgan fingerprint density at radius 1 is 1.00 bits per heavy atom. The number of amides is 1. The van der Waals surface area contributed by atoms with Gasteiger partial charge in [0.1, 0.15) is 0 Å². The Morgan fingerprint density at radius 2 is 1.77 bits per heavy atom. The molecule has 0 saturated heterocycles. The van der Waals surface area contributed by atoms with Gasteiger partial charge in [0, 0.05) is 13.1 Å². The largest absolute Gasteiger partial charge is 0.493 e. The first-order valence-electron chi connectivity index (χ1n) is 9.86. The van der Waals surface area contributed by atoms with Gasteiger partial charge in [-0.3, -0.25) is 4.79 Å². The van der Waals surface area contributed by atoms with Gasteiger partial charge in [0.25, 0.3) is 5.91 Å². The zero-order chi connectivity index (χ0) is 21.3. The molecule has 0 radical (unpaired) electrons. The molecule has 0 spiro atoms. The van der Waals surface area contributed by atoms with Crippen LogP contribution in [-0.2, 0) is 6.42 Å². The second-order valence-electron chi connectivity index (χ2n) is 7.04. The second-order valence-corrected chi connectivity index (χ2v) is 7.04. The van der Waals surface area contributed by atoms with Crippen LogP contribution in [0.2, 0.25) is 0 Å². The first kappa shape index (κ1) is 21.2. The van der Waals surface area contributed by atoms with Crippen molar-refractivity contribution in [3.05, 3.63) is 89.4 Å². The Kier molecular flexibility index (Phi) is 7.33. The maximum absolute atomic E-state index is 13.0. The Hall–Kier alpha value is -3.47. The number of hydrogen-bond acceptors (Lipinski definition) is 4. The molecule has 0 unspecified atom stereocenters. The summed E-state index contributed by atoms with van der Waals surface area (Å²) >= 11 is 0. The Labute approximate surface area is 177 Å². The maximum Gasteiger partial charge on any atom is 0.289 e. The van der Waals surface area contributed by atoms with E-state index in [1.165, 1.54) is 6.26 Å². The van der Waals surface area contributed by atoms with E-state index < -0.39 is 0 Å². The minimum Gasteiger partial charge on any atom is -0.493 e. The van der Waals surface area contributed by atoms with Gasteiger partial charge in [-0.1, -0.05) is 48.0 Å². The fraction of sp³-hybridized carbons (Fsp3) is 0.240. The number of benzene rings is 2. The van der Waals surface area contributed by atoms with E-state index >= 15 is 0 Å². The molecule has 0 bridgehead atoms. The summed E-state index contributed by atoms with van der Waals surface area (Å²) in [6.45, 7) is 3.10. The van der Waals surface area contributed by atoms with E-state index in [1.54, 1.807) is 26.4 Å². The third kappa shape index (κ3) is 5.54. The van der Waals surface area contributed by atoms with Crippen molar-refractivity contribution in [2.24, 2.45) is 0 Å². The molecule has 0 N–H and O–H groups in total. The summed E-state index contributed by atoms with van der Waals surface area (Å²) in [5.41, 5.74) is 3.27. The Morgan fingerprint density at radius 3 is 2.43 bits per heavy atom. The molecule has 0 aliphatic heterocycles. The smallest absolute Gasteiger partial charge is 0.289 e. The zero-order valence-electron chi connectivity index (χ0n) is 17.6. The van der Waals surface area contributed by atoms with E-state index in [4.69, 9.17) is 13.9 Å². The van der Waals surface area contributed by atoms with Crippen LogP contribution in [0.25, 0.3) is 6.08 Å². The van der Waals surface area contributed by atoms with Crippen LogP contribution in [0, 0.1) is 0 Å². The van der Waals surface area contributed by atoms with Gasteiger partial charge < -0.3 is 18.8 Å².